The Kier molecular flexibility index (Phi) is 42.5. The minimum Gasteiger partial charge on any atom is -0.480 e. The molecule has 644 valence electrons. The summed E-state index contributed by atoms with van der Waals surface area (Å²) in [6.45, 7) is 13.1. The van der Waals surface area contributed by atoms with Crippen LogP contribution in [0.15, 0.2) is 146 Å². The predicted molar refractivity (Wildman–Crippen MR) is 439 cm³/mol. The van der Waals surface area contributed by atoms with E-state index in [1.165, 1.54) is 38.1 Å². The summed E-state index contributed by atoms with van der Waals surface area (Å²) < 4.78 is 13.5. The highest BCUT2D eigenvalue weighted by Gasteiger charge is 2.37. The quantitative estimate of drug-likeness (QED) is 0.0131. The number of carbonyl (C=O) groups excluding carboxylic acids is 12. The molecule has 30 nitrogen and oxygen atoms in total. The maximum Gasteiger partial charge on any atom is 0.320 e. The van der Waals surface area contributed by atoms with Crippen LogP contribution in [-0.4, -0.2) is 178 Å². The van der Waals surface area contributed by atoms with E-state index in [4.69, 9.17) is 65.0 Å². The number of nitrogens with two attached hydrogens (primary N) is 6. The molecule has 0 radical (unpaired) electrons. The Hall–Kier alpha value is -12.1. The topological polar surface area (TPSA) is 585 Å². The smallest absolute Gasteiger partial charge is 0.320 e. The number of Topliss-reactive ketones (excluding diaryl/α,β-unsaturated/α-hetero) is 12. The van der Waals surface area contributed by atoms with Gasteiger partial charge >= 0.3 is 35.8 Å². The number of benzene rings is 6. The number of hydrogen-bond donors (Lipinski definition) is 12. The second-order valence-corrected chi connectivity index (χ2v) is 29.5. The first-order chi connectivity index (χ1) is 56.2. The zero-order valence-electron chi connectivity index (χ0n) is 68.1. The van der Waals surface area contributed by atoms with Gasteiger partial charge in [-0.3, -0.25) is 86.3 Å². The van der Waals surface area contributed by atoms with E-state index in [2.05, 4.69) is 0 Å². The number of hydrogen-bond acceptors (Lipinski definition) is 24. The fraction of sp³-hybridized carbons (Fsp3) is 0.393. The number of carboxylic acid groups (broad SMARTS) is 6. The molecule has 120 heavy (non-hydrogen) atoms. The second kappa shape index (κ2) is 49.9. The van der Waals surface area contributed by atoms with Crippen molar-refractivity contribution in [3.8, 4) is 0 Å². The lowest BCUT2D eigenvalue weighted by molar-refractivity contribution is -0.139. The number of halogens is 1. The van der Waals surface area contributed by atoms with Gasteiger partial charge in [-0.05, 0) is 118 Å². The molecule has 2 aliphatic carbocycles. The van der Waals surface area contributed by atoms with Gasteiger partial charge in [0.2, 0.25) is 12.0 Å². The van der Waals surface area contributed by atoms with E-state index in [0.717, 1.165) is 40.7 Å². The first-order valence-electron chi connectivity index (χ1n) is 38.7. The molecule has 8 rings (SSSR count). The van der Waals surface area contributed by atoms with Gasteiger partial charge in [0.05, 0.1) is 30.1 Å². The molecule has 12 unspecified atom stereocenters. The summed E-state index contributed by atoms with van der Waals surface area (Å²) >= 11 is 0. The highest BCUT2D eigenvalue weighted by atomic mass is 19.1. The minimum atomic E-state index is -2.15. The fourth-order valence-corrected chi connectivity index (χ4v) is 11.8. The van der Waals surface area contributed by atoms with Gasteiger partial charge in [-0.15, -0.1) is 0 Å². The van der Waals surface area contributed by atoms with Gasteiger partial charge in [-0.2, -0.15) is 0 Å². The Morgan fingerprint density at radius 3 is 0.892 bits per heavy atom. The van der Waals surface area contributed by atoms with E-state index in [0.29, 0.717) is 59.1 Å². The molecular formula is C89H107FN6O24. The standard InChI is InChI=1S/C16H19NO4.C15H17NO4.2C15H19NO4.C14H16FNO4.C14H17NO4/c1-9-2-7-12(14(9)18)15(19)11-5-3-10(4-6-11)8-13(17)16(20)21;16-12(15(19)20)8-9-4-6-10(7-5-9)14(18)11-2-1-3-13(11)17;1-9(2)13(17)8-14(18)11-5-3-10(4-6-11)7-12(16)15(19)20;1-3-13(17)9(2)14(18)11-6-4-10(5-7-11)8-12(16)15(19)20;1-2-11(17)12(15)13(18)9-5-3-8(4-6-9)7-10(16)14(19)20;1-8(9(2)16)13(17)11-5-3-10(4-6-11)7-12(15)14(18)19/h3-6,9,12-13H,2,7-8,17H2,1H3,(H,20,21);4-7,11-12H,1-3,8,16H2,(H,19,20);3-6,9,12H,7-8,16H2,1-2H3,(H,19,20);4-7,9,12H,3,8,16H2,1-2H3,(H,19,20);3-6,10,12H,2,7,16H2,1H3,(H,19,20);3-6,8,12H,7,15H2,1-2H3,(H,18,19). The Bertz CT molecular complexity index is 4520. The van der Waals surface area contributed by atoms with Crippen LogP contribution in [0.1, 0.15) is 202 Å². The Labute approximate surface area is 693 Å². The summed E-state index contributed by atoms with van der Waals surface area (Å²) in [5, 5.41) is 52.3. The molecule has 18 N–H and O–H groups in total. The lowest BCUT2D eigenvalue weighted by Gasteiger charge is -2.10. The predicted octanol–water partition coefficient (Wildman–Crippen LogP) is 7.70. The van der Waals surface area contributed by atoms with Gasteiger partial charge in [0.25, 0.3) is 0 Å². The van der Waals surface area contributed by atoms with Crippen LogP contribution >= 0.6 is 0 Å². The number of aliphatic carboxylic acids is 6. The summed E-state index contributed by atoms with van der Waals surface area (Å²) in [5.74, 6) is -11.9. The average molecular weight is 1660 g/mol. The summed E-state index contributed by atoms with van der Waals surface area (Å²) in [6.07, 6.45) is 2.45. The Balaban J connectivity index is 0.000000372. The number of rotatable bonds is 37. The van der Waals surface area contributed by atoms with Crippen LogP contribution in [0, 0.1) is 35.5 Å². The molecule has 2 saturated carbocycles. The van der Waals surface area contributed by atoms with E-state index in [-0.39, 0.29) is 127 Å². The van der Waals surface area contributed by atoms with Crippen LogP contribution < -0.4 is 34.4 Å². The van der Waals surface area contributed by atoms with Crippen molar-refractivity contribution in [2.75, 3.05) is 0 Å². The molecule has 6 aromatic rings. The van der Waals surface area contributed by atoms with Gasteiger partial charge < -0.3 is 65.0 Å². The highest BCUT2D eigenvalue weighted by molar-refractivity contribution is 6.15. The van der Waals surface area contributed by atoms with Gasteiger partial charge in [0, 0.05) is 64.5 Å². The number of carbonyl (C=O) groups is 18. The molecule has 12 atom stereocenters. The largest absolute Gasteiger partial charge is 0.480 e. The molecule has 0 aliphatic heterocycles. The molecule has 0 amide bonds. The van der Waals surface area contributed by atoms with Crippen LogP contribution in [0.25, 0.3) is 0 Å². The van der Waals surface area contributed by atoms with Crippen molar-refractivity contribution in [2.24, 2.45) is 69.9 Å². The van der Waals surface area contributed by atoms with E-state index in [1.54, 1.807) is 156 Å². The van der Waals surface area contributed by atoms with E-state index < -0.39 is 113 Å². The van der Waals surface area contributed by atoms with Crippen molar-refractivity contribution in [3.05, 3.63) is 212 Å². The lowest BCUT2D eigenvalue weighted by atomic mass is 9.93. The molecule has 0 spiro atoms. The van der Waals surface area contributed by atoms with Crippen LogP contribution in [-0.2, 0) is 96.1 Å². The molecule has 0 heterocycles. The molecule has 6 aromatic carbocycles. The number of ketones is 12. The summed E-state index contributed by atoms with van der Waals surface area (Å²) in [4.78, 5) is 205. The van der Waals surface area contributed by atoms with E-state index in [1.807, 2.05) is 6.92 Å². The summed E-state index contributed by atoms with van der Waals surface area (Å²) in [7, 11) is 0. The van der Waals surface area contributed by atoms with Gasteiger partial charge in [0.15, 0.2) is 34.7 Å². The molecule has 2 fully saturated rings. The molecule has 0 bridgehead atoms. The molecule has 31 heteroatoms. The van der Waals surface area contributed by atoms with E-state index in [9.17, 15) is 90.7 Å². The zero-order valence-corrected chi connectivity index (χ0v) is 68.1. The van der Waals surface area contributed by atoms with E-state index >= 15 is 0 Å². The maximum atomic E-state index is 13.5. The normalized spacial score (nSPS) is 16.1. The zero-order chi connectivity index (χ0) is 90.7. The van der Waals surface area contributed by atoms with Gasteiger partial charge in [0.1, 0.15) is 65.2 Å². The second-order valence-electron chi connectivity index (χ2n) is 29.5. The van der Waals surface area contributed by atoms with Crippen molar-refractivity contribution >= 4 is 105 Å². The van der Waals surface area contributed by atoms with Crippen LogP contribution in [0.3, 0.4) is 0 Å². The molecular weight excluding hydrogens is 1560 g/mol. The molecule has 0 saturated heterocycles. The van der Waals surface area contributed by atoms with Gasteiger partial charge in [-0.25, -0.2) is 4.39 Å². The third kappa shape index (κ3) is 33.3. The van der Waals surface area contributed by atoms with Crippen molar-refractivity contribution in [2.45, 2.75) is 188 Å². The Morgan fingerprint density at radius 2 is 0.642 bits per heavy atom. The number of carboxylic acids is 6. The summed E-state index contributed by atoms with van der Waals surface area (Å²) in [5.41, 5.74) is 39.4. The Morgan fingerprint density at radius 1 is 0.367 bits per heavy atom. The van der Waals surface area contributed by atoms with Crippen LogP contribution in [0.5, 0.6) is 0 Å². The average Bonchev–Trinajstić information content (AvgIpc) is 1.37. The van der Waals surface area contributed by atoms with Crippen molar-refractivity contribution in [1.82, 2.24) is 0 Å². The van der Waals surface area contributed by atoms with Crippen LogP contribution in [0.4, 0.5) is 4.39 Å². The monoisotopic (exact) mass is 1660 g/mol. The maximum absolute atomic E-state index is 13.5. The van der Waals surface area contributed by atoms with Crippen LogP contribution in [0.2, 0.25) is 0 Å². The SMILES string of the molecule is CC(=O)C(C)C(=O)c1ccc(CC(N)C(=O)O)cc1.CC(C)C(=O)CC(=O)c1ccc(CC(N)C(=O)O)cc1.CC1CCC(C(=O)c2ccc(CC(N)C(=O)O)cc2)C1=O.CCC(=O)C(C)C(=O)c1ccc(CC(N)C(=O)O)cc1.CCC(=O)C(F)C(=O)c1ccc(CC(N)C(=O)O)cc1.NC(Cc1ccc(C(=O)C2CCCC2=O)cc1)C(=O)O. The minimum absolute atomic E-state index is 0.0203. The number of alkyl halides is 1. The first-order valence-corrected chi connectivity index (χ1v) is 38.7. The highest BCUT2D eigenvalue weighted by Crippen LogP contribution is 2.30. The molecule has 2 aliphatic rings. The third-order valence-electron chi connectivity index (χ3n) is 19.8. The summed E-state index contributed by atoms with van der Waals surface area (Å²) in [6, 6.07) is 32.8. The van der Waals surface area contributed by atoms with Crippen molar-refractivity contribution in [1.29, 1.82) is 0 Å². The van der Waals surface area contributed by atoms with Gasteiger partial charge in [-0.1, -0.05) is 180 Å². The van der Waals surface area contributed by atoms with Crippen molar-refractivity contribution < 1.29 is 121 Å². The first kappa shape index (κ1) is 102. The molecule has 0 aromatic heterocycles. The lowest BCUT2D eigenvalue weighted by Crippen LogP contribution is -2.32. The van der Waals surface area contributed by atoms with Crippen molar-refractivity contribution in [3.63, 3.8) is 0 Å². The third-order valence-corrected chi connectivity index (χ3v) is 19.8. The fourth-order valence-electron chi connectivity index (χ4n) is 11.8.